The third kappa shape index (κ3) is 2.74. The van der Waals surface area contributed by atoms with Crippen molar-refractivity contribution in [2.24, 2.45) is 0 Å². The molecular weight excluding hydrogens is 276 g/mol. The van der Waals surface area contributed by atoms with Gasteiger partial charge in [-0.2, -0.15) is 0 Å². The molecule has 120 valence electrons. The van der Waals surface area contributed by atoms with Crippen molar-refractivity contribution in [3.63, 3.8) is 0 Å². The quantitative estimate of drug-likeness (QED) is 0.849. The molecule has 0 aliphatic heterocycles. The number of aryl methyl sites for hydroxylation is 2. The topological polar surface area (TPSA) is 55.1 Å². The molecule has 0 amide bonds. The molecule has 0 fully saturated rings. The van der Waals surface area contributed by atoms with Crippen LogP contribution in [-0.4, -0.2) is 20.6 Å². The monoisotopic (exact) mass is 302 g/mol. The highest BCUT2D eigenvalue weighted by Crippen LogP contribution is 2.32. The number of carbonyl (C=O) groups is 1. The van der Waals surface area contributed by atoms with E-state index in [1.807, 2.05) is 11.5 Å². The van der Waals surface area contributed by atoms with Crippen molar-refractivity contribution in [3.8, 4) is 0 Å². The van der Waals surface area contributed by atoms with Crippen LogP contribution in [0.2, 0.25) is 0 Å². The van der Waals surface area contributed by atoms with Crippen LogP contribution in [0.25, 0.3) is 11.0 Å². The number of aliphatic carboxylic acids is 1. The van der Waals surface area contributed by atoms with Crippen LogP contribution in [0.5, 0.6) is 0 Å². The molecule has 22 heavy (non-hydrogen) atoms. The van der Waals surface area contributed by atoms with Crippen LogP contribution in [0.3, 0.4) is 0 Å². The fourth-order valence-electron chi connectivity index (χ4n) is 3.11. The average Bonchev–Trinajstić information content (AvgIpc) is 2.80. The summed E-state index contributed by atoms with van der Waals surface area (Å²) in [5.41, 5.74) is 4.21. The Morgan fingerprint density at radius 2 is 1.73 bits per heavy atom. The molecule has 4 heteroatoms. The Morgan fingerprint density at radius 1 is 1.14 bits per heavy atom. The van der Waals surface area contributed by atoms with E-state index in [9.17, 15) is 9.90 Å². The van der Waals surface area contributed by atoms with Crippen LogP contribution in [0.1, 0.15) is 68.9 Å². The maximum Gasteiger partial charge on any atom is 0.326 e. The summed E-state index contributed by atoms with van der Waals surface area (Å²) in [7, 11) is 0. The molecule has 4 nitrogen and oxygen atoms in total. The van der Waals surface area contributed by atoms with Gasteiger partial charge < -0.3 is 9.67 Å². The molecule has 2 aromatic rings. The molecule has 0 radical (unpaired) electrons. The highest BCUT2D eigenvalue weighted by molar-refractivity contribution is 5.82. The van der Waals surface area contributed by atoms with Gasteiger partial charge in [-0.1, -0.05) is 20.8 Å². The number of nitrogens with zero attached hydrogens (tertiary/aromatic N) is 2. The molecule has 1 heterocycles. The van der Waals surface area contributed by atoms with E-state index in [1.165, 1.54) is 11.1 Å². The van der Waals surface area contributed by atoms with E-state index >= 15 is 0 Å². The van der Waals surface area contributed by atoms with Gasteiger partial charge in [0.05, 0.1) is 11.0 Å². The van der Waals surface area contributed by atoms with Gasteiger partial charge in [0.15, 0.2) is 0 Å². The normalized spacial score (nSPS) is 13.0. The lowest BCUT2D eigenvalue weighted by Crippen LogP contribution is -2.21. The first-order valence-electron chi connectivity index (χ1n) is 8.16. The van der Waals surface area contributed by atoms with Gasteiger partial charge in [-0.15, -0.1) is 0 Å². The number of fused-ring (bicyclic) bond motifs is 1. The van der Waals surface area contributed by atoms with E-state index in [0.29, 0.717) is 12.3 Å². The van der Waals surface area contributed by atoms with E-state index in [-0.39, 0.29) is 0 Å². The molecule has 1 aromatic carbocycles. The Bertz CT molecular complexity index is 684. The molecule has 0 spiro atoms. The van der Waals surface area contributed by atoms with Crippen molar-refractivity contribution in [2.75, 3.05) is 0 Å². The molecule has 0 saturated heterocycles. The number of hydrogen-bond acceptors (Lipinski definition) is 2. The van der Waals surface area contributed by atoms with E-state index in [0.717, 1.165) is 29.7 Å². The number of benzene rings is 1. The summed E-state index contributed by atoms with van der Waals surface area (Å²) in [6.07, 6.45) is 2.49. The second-order valence-electron chi connectivity index (χ2n) is 6.04. The van der Waals surface area contributed by atoms with Gasteiger partial charge in [0.1, 0.15) is 11.9 Å². The van der Waals surface area contributed by atoms with Crippen molar-refractivity contribution in [2.45, 2.75) is 65.8 Å². The van der Waals surface area contributed by atoms with Crippen molar-refractivity contribution in [1.82, 2.24) is 9.55 Å². The van der Waals surface area contributed by atoms with Crippen LogP contribution in [0.4, 0.5) is 0 Å². The van der Waals surface area contributed by atoms with Crippen LogP contribution in [0, 0.1) is 13.8 Å². The van der Waals surface area contributed by atoms with Crippen molar-refractivity contribution in [1.29, 1.82) is 0 Å². The van der Waals surface area contributed by atoms with Crippen molar-refractivity contribution in [3.05, 3.63) is 29.1 Å². The fourth-order valence-corrected chi connectivity index (χ4v) is 3.11. The maximum absolute atomic E-state index is 11.7. The fraction of sp³-hybridized carbons (Fsp3) is 0.556. The molecule has 0 aliphatic carbocycles. The number of hydrogen-bond donors (Lipinski definition) is 1. The smallest absolute Gasteiger partial charge is 0.326 e. The SMILES string of the molecule is CCC(CC)c1nc2cc(C)c(C)cc2n1C(CC)C(=O)O. The number of rotatable bonds is 6. The first-order chi connectivity index (χ1) is 10.4. The molecule has 1 atom stereocenters. The minimum absolute atomic E-state index is 0.293. The second-order valence-corrected chi connectivity index (χ2v) is 6.04. The zero-order chi connectivity index (χ0) is 16.4. The summed E-state index contributed by atoms with van der Waals surface area (Å²) < 4.78 is 1.96. The lowest BCUT2D eigenvalue weighted by Gasteiger charge is -2.20. The largest absolute Gasteiger partial charge is 0.480 e. The Morgan fingerprint density at radius 3 is 2.23 bits per heavy atom. The molecule has 0 bridgehead atoms. The zero-order valence-corrected chi connectivity index (χ0v) is 14.2. The minimum Gasteiger partial charge on any atom is -0.480 e. The lowest BCUT2D eigenvalue weighted by molar-refractivity contribution is -0.141. The standard InChI is InChI=1S/C18H26N2O2/c1-6-13(7-2)17-19-14-9-11(4)12(5)10-16(14)20(17)15(8-3)18(21)22/h9-10,13,15H,6-8H2,1-5H3,(H,21,22). The summed E-state index contributed by atoms with van der Waals surface area (Å²) >= 11 is 0. The van der Waals surface area contributed by atoms with Crippen molar-refractivity contribution < 1.29 is 9.90 Å². The van der Waals surface area contributed by atoms with Gasteiger partial charge in [0.2, 0.25) is 0 Å². The first kappa shape index (κ1) is 16.5. The molecule has 1 unspecified atom stereocenters. The highest BCUT2D eigenvalue weighted by atomic mass is 16.4. The van der Waals surface area contributed by atoms with Gasteiger partial charge in [-0.3, -0.25) is 0 Å². The molecule has 0 aliphatic rings. The third-order valence-electron chi connectivity index (χ3n) is 4.67. The summed E-state index contributed by atoms with van der Waals surface area (Å²) in [5, 5.41) is 9.63. The van der Waals surface area contributed by atoms with Crippen LogP contribution in [-0.2, 0) is 4.79 Å². The van der Waals surface area contributed by atoms with Crippen LogP contribution >= 0.6 is 0 Å². The molecule has 0 saturated carbocycles. The Balaban J connectivity index is 2.79. The Labute approximate surface area is 132 Å². The highest BCUT2D eigenvalue weighted by Gasteiger charge is 2.26. The first-order valence-corrected chi connectivity index (χ1v) is 8.16. The van der Waals surface area contributed by atoms with Gasteiger partial charge in [0.25, 0.3) is 0 Å². The van der Waals surface area contributed by atoms with E-state index < -0.39 is 12.0 Å². The van der Waals surface area contributed by atoms with E-state index in [2.05, 4.69) is 39.8 Å². The second kappa shape index (κ2) is 6.51. The third-order valence-corrected chi connectivity index (χ3v) is 4.67. The Hall–Kier alpha value is -1.84. The maximum atomic E-state index is 11.7. The molecule has 1 N–H and O–H groups in total. The predicted molar refractivity (Wildman–Crippen MR) is 89.5 cm³/mol. The number of aromatic nitrogens is 2. The number of carboxylic acids is 1. The van der Waals surface area contributed by atoms with Crippen molar-refractivity contribution >= 4 is 17.0 Å². The van der Waals surface area contributed by atoms with Crippen LogP contribution in [0.15, 0.2) is 12.1 Å². The zero-order valence-electron chi connectivity index (χ0n) is 14.2. The predicted octanol–water partition coefficient (Wildman–Crippen LogP) is 4.59. The average molecular weight is 302 g/mol. The van der Waals surface area contributed by atoms with E-state index in [4.69, 9.17) is 4.98 Å². The lowest BCUT2D eigenvalue weighted by atomic mass is 10.0. The van der Waals surface area contributed by atoms with Gasteiger partial charge in [-0.05, 0) is 56.4 Å². The van der Waals surface area contributed by atoms with E-state index in [1.54, 1.807) is 0 Å². The summed E-state index contributed by atoms with van der Waals surface area (Å²) in [4.78, 5) is 16.5. The molecule has 1 aromatic heterocycles. The summed E-state index contributed by atoms with van der Waals surface area (Å²) in [6.45, 7) is 10.3. The van der Waals surface area contributed by atoms with Crippen LogP contribution < -0.4 is 0 Å². The molecular formula is C18H26N2O2. The number of imidazole rings is 1. The minimum atomic E-state index is -0.785. The molecule has 2 rings (SSSR count). The Kier molecular flexibility index (Phi) is 4.89. The summed E-state index contributed by atoms with van der Waals surface area (Å²) in [6, 6.07) is 3.60. The summed E-state index contributed by atoms with van der Waals surface area (Å²) in [5.74, 6) is 0.424. The van der Waals surface area contributed by atoms with Gasteiger partial charge >= 0.3 is 5.97 Å². The van der Waals surface area contributed by atoms with Gasteiger partial charge in [-0.25, -0.2) is 9.78 Å². The van der Waals surface area contributed by atoms with Gasteiger partial charge in [0, 0.05) is 5.92 Å². The number of carboxylic acid groups (broad SMARTS) is 1.